The van der Waals surface area contributed by atoms with E-state index in [4.69, 9.17) is 9.47 Å². The quantitative estimate of drug-likeness (QED) is 0.673. The van der Waals surface area contributed by atoms with E-state index < -0.39 is 5.92 Å². The maximum atomic E-state index is 13.2. The minimum atomic E-state index is -0.409. The first kappa shape index (κ1) is 20.4. The highest BCUT2D eigenvalue weighted by atomic mass is 79.9. The molecule has 5 nitrogen and oxygen atoms in total. The Hall–Kier alpha value is -1.92. The maximum Gasteiger partial charge on any atom is 0.336 e. The number of allylic oxidation sites excluding steroid dienone is 3. The van der Waals surface area contributed by atoms with Crippen molar-refractivity contribution in [3.63, 3.8) is 0 Å². The number of ether oxygens (including phenoxy) is 2. The molecule has 2 atom stereocenters. The van der Waals surface area contributed by atoms with Crippen LogP contribution >= 0.6 is 15.9 Å². The average Bonchev–Trinajstić information content (AvgIpc) is 3.21. The summed E-state index contributed by atoms with van der Waals surface area (Å²) in [5, 5.41) is 3.33. The third-order valence-electron chi connectivity index (χ3n) is 5.95. The fraction of sp³-hybridized carbons (Fsp3) is 0.478. The number of hydrogen-bond donors (Lipinski definition) is 1. The first-order valence-electron chi connectivity index (χ1n) is 10.2. The standard InChI is InChI=1S/C23H26BrNO4/c1-13-8-9-15(11-17(13)24)21-20(23(27)29-12-16-5-4-10-28-16)14(2)25-18-6-3-7-19(26)22(18)21/h8-9,11,16,21,25H,3-7,10,12H2,1-2H3/t16-,21-/m0/s1. The van der Waals surface area contributed by atoms with Crippen LogP contribution in [0.2, 0.25) is 0 Å². The van der Waals surface area contributed by atoms with Crippen molar-refractivity contribution in [2.45, 2.75) is 58.0 Å². The average molecular weight is 460 g/mol. The van der Waals surface area contributed by atoms with Gasteiger partial charge in [0.1, 0.15) is 6.61 Å². The Labute approximate surface area is 179 Å². The van der Waals surface area contributed by atoms with Crippen LogP contribution in [-0.4, -0.2) is 31.1 Å². The third-order valence-corrected chi connectivity index (χ3v) is 6.80. The Kier molecular flexibility index (Phi) is 5.93. The summed E-state index contributed by atoms with van der Waals surface area (Å²) in [5.74, 6) is -0.678. The van der Waals surface area contributed by atoms with Crippen LogP contribution in [-0.2, 0) is 19.1 Å². The van der Waals surface area contributed by atoms with Crippen LogP contribution < -0.4 is 5.32 Å². The maximum absolute atomic E-state index is 13.2. The van der Waals surface area contributed by atoms with E-state index in [0.717, 1.165) is 59.3 Å². The van der Waals surface area contributed by atoms with Crippen LogP contribution in [0.1, 0.15) is 56.1 Å². The Bertz CT molecular complexity index is 911. The molecule has 0 amide bonds. The van der Waals surface area contributed by atoms with E-state index in [2.05, 4.69) is 21.2 Å². The number of carbonyl (C=O) groups is 2. The summed E-state index contributed by atoms with van der Waals surface area (Å²) in [7, 11) is 0. The van der Waals surface area contributed by atoms with Gasteiger partial charge < -0.3 is 14.8 Å². The van der Waals surface area contributed by atoms with E-state index in [1.807, 2.05) is 32.0 Å². The van der Waals surface area contributed by atoms with Crippen LogP contribution in [0.3, 0.4) is 0 Å². The van der Waals surface area contributed by atoms with E-state index in [1.54, 1.807) is 0 Å². The molecule has 1 saturated heterocycles. The molecule has 154 valence electrons. The lowest BCUT2D eigenvalue weighted by molar-refractivity contribution is -0.142. The summed E-state index contributed by atoms with van der Waals surface area (Å²) in [6.45, 7) is 4.88. The lowest BCUT2D eigenvalue weighted by Crippen LogP contribution is -2.35. The van der Waals surface area contributed by atoms with Crippen LogP contribution in [0.4, 0.5) is 0 Å². The fourth-order valence-corrected chi connectivity index (χ4v) is 4.79. The second kappa shape index (κ2) is 8.44. The monoisotopic (exact) mass is 459 g/mol. The molecule has 3 aliphatic rings. The number of benzene rings is 1. The lowest BCUT2D eigenvalue weighted by atomic mass is 9.75. The second-order valence-electron chi connectivity index (χ2n) is 8.01. The summed E-state index contributed by atoms with van der Waals surface area (Å²) in [4.78, 5) is 26.1. The molecule has 2 aliphatic heterocycles. The molecule has 0 aromatic heterocycles. The van der Waals surface area contributed by atoms with Gasteiger partial charge in [-0.25, -0.2) is 4.79 Å². The first-order valence-corrected chi connectivity index (χ1v) is 11.0. The molecule has 0 saturated carbocycles. The molecule has 0 spiro atoms. The molecule has 2 heterocycles. The minimum Gasteiger partial charge on any atom is -0.459 e. The van der Waals surface area contributed by atoms with E-state index in [9.17, 15) is 9.59 Å². The summed E-state index contributed by atoms with van der Waals surface area (Å²) >= 11 is 3.60. The number of carbonyl (C=O) groups excluding carboxylic acids is 2. The van der Waals surface area contributed by atoms with Crippen molar-refractivity contribution in [2.75, 3.05) is 13.2 Å². The largest absolute Gasteiger partial charge is 0.459 e. The van der Waals surface area contributed by atoms with E-state index in [0.29, 0.717) is 17.6 Å². The predicted octanol–water partition coefficient (Wildman–Crippen LogP) is 4.45. The zero-order valence-corrected chi connectivity index (χ0v) is 18.4. The van der Waals surface area contributed by atoms with Crippen molar-refractivity contribution in [1.29, 1.82) is 0 Å². The molecule has 1 aliphatic carbocycles. The molecule has 6 heteroatoms. The van der Waals surface area contributed by atoms with Gasteiger partial charge in [0.05, 0.1) is 11.7 Å². The van der Waals surface area contributed by atoms with Gasteiger partial charge in [0.2, 0.25) is 0 Å². The highest BCUT2D eigenvalue weighted by molar-refractivity contribution is 9.10. The number of hydrogen-bond acceptors (Lipinski definition) is 5. The molecule has 1 aromatic carbocycles. The van der Waals surface area contributed by atoms with Gasteiger partial charge in [0, 0.05) is 40.4 Å². The van der Waals surface area contributed by atoms with Crippen molar-refractivity contribution < 1.29 is 19.1 Å². The Morgan fingerprint density at radius 3 is 2.83 bits per heavy atom. The highest BCUT2D eigenvalue weighted by Crippen LogP contribution is 2.43. The van der Waals surface area contributed by atoms with Gasteiger partial charge in [-0.3, -0.25) is 4.79 Å². The number of Topliss-reactive ketones (excluding diaryl/α,β-unsaturated/α-hetero) is 1. The normalized spacial score (nSPS) is 24.4. The minimum absolute atomic E-state index is 0.0329. The summed E-state index contributed by atoms with van der Waals surface area (Å²) in [6.07, 6.45) is 4.04. The van der Waals surface area contributed by atoms with Gasteiger partial charge >= 0.3 is 5.97 Å². The Morgan fingerprint density at radius 1 is 1.28 bits per heavy atom. The molecule has 1 fully saturated rings. The number of ketones is 1. The molecule has 0 unspecified atom stereocenters. The van der Waals surface area contributed by atoms with E-state index >= 15 is 0 Å². The van der Waals surface area contributed by atoms with Crippen LogP contribution in [0, 0.1) is 6.92 Å². The number of aryl methyl sites for hydroxylation is 1. The third kappa shape index (κ3) is 4.05. The molecule has 29 heavy (non-hydrogen) atoms. The molecule has 4 rings (SSSR count). The topological polar surface area (TPSA) is 64.6 Å². The van der Waals surface area contributed by atoms with Crippen molar-refractivity contribution in [1.82, 2.24) is 5.32 Å². The van der Waals surface area contributed by atoms with E-state index in [-0.39, 0.29) is 24.5 Å². The zero-order valence-electron chi connectivity index (χ0n) is 16.8. The van der Waals surface area contributed by atoms with Gasteiger partial charge in [0.25, 0.3) is 0 Å². The van der Waals surface area contributed by atoms with E-state index in [1.165, 1.54) is 0 Å². The second-order valence-corrected chi connectivity index (χ2v) is 8.86. The highest BCUT2D eigenvalue weighted by Gasteiger charge is 2.39. The fourth-order valence-electron chi connectivity index (χ4n) is 4.40. The summed E-state index contributed by atoms with van der Waals surface area (Å²) < 4.78 is 12.2. The summed E-state index contributed by atoms with van der Waals surface area (Å²) in [5.41, 5.74) is 4.97. The molecular weight excluding hydrogens is 434 g/mol. The van der Waals surface area contributed by atoms with Crippen LogP contribution in [0.15, 0.2) is 45.2 Å². The van der Waals surface area contributed by atoms with Crippen molar-refractivity contribution in [2.24, 2.45) is 0 Å². The molecule has 0 radical (unpaired) electrons. The van der Waals surface area contributed by atoms with Crippen molar-refractivity contribution >= 4 is 27.7 Å². The van der Waals surface area contributed by atoms with Gasteiger partial charge in [-0.15, -0.1) is 0 Å². The van der Waals surface area contributed by atoms with Gasteiger partial charge in [-0.2, -0.15) is 0 Å². The lowest BCUT2D eigenvalue weighted by Gasteiger charge is -2.34. The molecule has 1 N–H and O–H groups in total. The predicted molar refractivity (Wildman–Crippen MR) is 113 cm³/mol. The Balaban J connectivity index is 1.71. The molecular formula is C23H26BrNO4. The van der Waals surface area contributed by atoms with Gasteiger partial charge in [0.15, 0.2) is 5.78 Å². The van der Waals surface area contributed by atoms with Crippen LogP contribution in [0.25, 0.3) is 0 Å². The smallest absolute Gasteiger partial charge is 0.336 e. The Morgan fingerprint density at radius 2 is 2.10 bits per heavy atom. The number of rotatable bonds is 4. The molecule has 1 aromatic rings. The number of halogens is 1. The first-order chi connectivity index (χ1) is 14.0. The van der Waals surface area contributed by atoms with Gasteiger partial charge in [-0.1, -0.05) is 28.1 Å². The summed E-state index contributed by atoms with van der Waals surface area (Å²) in [6, 6.07) is 6.03. The molecule has 0 bridgehead atoms. The number of dihydropyridines is 1. The van der Waals surface area contributed by atoms with Gasteiger partial charge in [-0.05, 0) is 56.7 Å². The van der Waals surface area contributed by atoms with Crippen molar-refractivity contribution in [3.8, 4) is 0 Å². The van der Waals surface area contributed by atoms with Crippen LogP contribution in [0.5, 0.6) is 0 Å². The number of esters is 1. The van der Waals surface area contributed by atoms with Crippen molar-refractivity contribution in [3.05, 3.63) is 56.3 Å². The SMILES string of the molecule is CC1=C(C(=O)OC[C@@H]2CCCO2)[C@H](c2ccc(C)c(Br)c2)C2=C(CCCC2=O)N1. The zero-order chi connectivity index (χ0) is 20.5. The number of nitrogens with one attached hydrogen (secondary N) is 1.